The van der Waals surface area contributed by atoms with Crippen molar-refractivity contribution in [1.82, 2.24) is 10.5 Å². The second kappa shape index (κ2) is 10.5. The third kappa shape index (κ3) is 6.50. The minimum absolute atomic E-state index is 0.0741. The molecule has 0 bridgehead atoms. The van der Waals surface area contributed by atoms with Gasteiger partial charge in [0.15, 0.2) is 5.82 Å². The van der Waals surface area contributed by atoms with E-state index in [-0.39, 0.29) is 29.2 Å². The number of nitrogens with zero attached hydrogens (tertiary/aromatic N) is 1. The Hall–Kier alpha value is -3.06. The summed E-state index contributed by atoms with van der Waals surface area (Å²) in [7, 11) is 0. The Morgan fingerprint density at radius 2 is 1.55 bits per heavy atom. The normalized spacial score (nSPS) is 10.7. The fourth-order valence-electron chi connectivity index (χ4n) is 2.91. The van der Waals surface area contributed by atoms with E-state index in [0.29, 0.717) is 18.1 Å². The number of anilines is 1. The molecule has 2 amide bonds. The summed E-state index contributed by atoms with van der Waals surface area (Å²) in [6, 6.07) is 21.8. The van der Waals surface area contributed by atoms with Crippen LogP contribution in [0.3, 0.4) is 0 Å². The highest BCUT2D eigenvalue weighted by atomic mass is 32.2. The summed E-state index contributed by atoms with van der Waals surface area (Å²) in [4.78, 5) is 24.2. The monoisotopic (exact) mass is 409 g/mol. The second-order valence-corrected chi connectivity index (χ2v) is 7.53. The summed E-state index contributed by atoms with van der Waals surface area (Å²) in [5, 5.41) is 9.33. The molecule has 0 fully saturated rings. The highest BCUT2D eigenvalue weighted by Gasteiger charge is 2.15. The molecule has 0 radical (unpaired) electrons. The molecule has 0 spiro atoms. The highest BCUT2D eigenvalue weighted by molar-refractivity contribution is 8.00. The van der Waals surface area contributed by atoms with Crippen molar-refractivity contribution in [3.8, 4) is 0 Å². The van der Waals surface area contributed by atoms with Gasteiger partial charge in [-0.05, 0) is 18.1 Å². The number of hydrogen-bond acceptors (Lipinski definition) is 5. The van der Waals surface area contributed by atoms with E-state index in [4.69, 9.17) is 4.52 Å². The van der Waals surface area contributed by atoms with Gasteiger partial charge in [-0.25, -0.2) is 0 Å². The number of aryl methyl sites for hydroxylation is 1. The average Bonchev–Trinajstić information content (AvgIpc) is 3.14. The SMILES string of the molecule is Cc1cc(NC(=O)CSCC(=O)NCC(c2ccccc2)c2ccccc2)no1. The van der Waals surface area contributed by atoms with Crippen LogP contribution in [-0.4, -0.2) is 35.0 Å². The number of aromatic nitrogens is 1. The molecule has 0 saturated heterocycles. The molecule has 1 aromatic heterocycles. The minimum Gasteiger partial charge on any atom is -0.360 e. The van der Waals surface area contributed by atoms with Crippen molar-refractivity contribution in [2.45, 2.75) is 12.8 Å². The molecule has 1 heterocycles. The van der Waals surface area contributed by atoms with E-state index in [1.165, 1.54) is 11.8 Å². The minimum atomic E-state index is -0.220. The van der Waals surface area contributed by atoms with Crippen molar-refractivity contribution in [3.63, 3.8) is 0 Å². The van der Waals surface area contributed by atoms with E-state index in [9.17, 15) is 9.59 Å². The van der Waals surface area contributed by atoms with Crippen LogP contribution < -0.4 is 10.6 Å². The molecule has 2 aromatic carbocycles. The van der Waals surface area contributed by atoms with E-state index >= 15 is 0 Å². The lowest BCUT2D eigenvalue weighted by Crippen LogP contribution is -2.30. The van der Waals surface area contributed by atoms with Crippen LogP contribution in [0, 0.1) is 6.92 Å². The van der Waals surface area contributed by atoms with E-state index < -0.39 is 0 Å². The molecular weight excluding hydrogens is 386 g/mol. The van der Waals surface area contributed by atoms with Crippen molar-refractivity contribution >= 4 is 29.4 Å². The largest absolute Gasteiger partial charge is 0.360 e. The van der Waals surface area contributed by atoms with Crippen LogP contribution in [0.4, 0.5) is 5.82 Å². The molecule has 3 aromatic rings. The van der Waals surface area contributed by atoms with E-state index in [0.717, 1.165) is 11.1 Å². The molecule has 0 aliphatic heterocycles. The van der Waals surface area contributed by atoms with Crippen molar-refractivity contribution in [2.24, 2.45) is 0 Å². The average molecular weight is 410 g/mol. The number of rotatable bonds is 9. The first-order valence-electron chi connectivity index (χ1n) is 9.29. The van der Waals surface area contributed by atoms with E-state index in [2.05, 4.69) is 40.1 Å². The standard InChI is InChI=1S/C22H23N3O3S/c1-16-12-20(25-28-16)24-22(27)15-29-14-21(26)23-13-19(17-8-4-2-5-9-17)18-10-6-3-7-11-18/h2-12,19H,13-15H2,1H3,(H,23,26)(H,24,25,27). The number of hydrogen-bond donors (Lipinski definition) is 2. The zero-order valence-corrected chi connectivity index (χ0v) is 16.9. The molecule has 0 aliphatic rings. The quantitative estimate of drug-likeness (QED) is 0.564. The van der Waals surface area contributed by atoms with Gasteiger partial charge in [-0.1, -0.05) is 65.8 Å². The van der Waals surface area contributed by atoms with Crippen molar-refractivity contribution in [2.75, 3.05) is 23.4 Å². The summed E-state index contributed by atoms with van der Waals surface area (Å²) in [6.45, 7) is 2.25. The number of carbonyl (C=O) groups is 2. The molecule has 2 N–H and O–H groups in total. The topological polar surface area (TPSA) is 84.2 Å². The van der Waals surface area contributed by atoms with E-state index in [1.54, 1.807) is 13.0 Å². The number of nitrogens with one attached hydrogen (secondary N) is 2. The molecule has 150 valence electrons. The summed E-state index contributed by atoms with van der Waals surface area (Å²) >= 11 is 1.26. The van der Waals surface area contributed by atoms with Gasteiger partial charge in [-0.15, -0.1) is 11.8 Å². The second-order valence-electron chi connectivity index (χ2n) is 6.54. The third-order valence-corrected chi connectivity index (χ3v) is 5.20. The molecule has 3 rings (SSSR count). The molecule has 6 nitrogen and oxygen atoms in total. The van der Waals surface area contributed by atoms with Crippen molar-refractivity contribution in [3.05, 3.63) is 83.6 Å². The van der Waals surface area contributed by atoms with Gasteiger partial charge >= 0.3 is 0 Å². The van der Waals surface area contributed by atoms with Gasteiger partial charge in [0.05, 0.1) is 11.5 Å². The van der Waals surface area contributed by atoms with Crippen molar-refractivity contribution < 1.29 is 14.1 Å². The van der Waals surface area contributed by atoms with Crippen LogP contribution in [0.25, 0.3) is 0 Å². The Morgan fingerprint density at radius 1 is 0.966 bits per heavy atom. The molecule has 0 saturated carbocycles. The summed E-state index contributed by atoms with van der Waals surface area (Å²) in [6.07, 6.45) is 0. The molecule has 0 unspecified atom stereocenters. The Kier molecular flexibility index (Phi) is 7.47. The predicted molar refractivity (Wildman–Crippen MR) is 115 cm³/mol. The molecule has 0 atom stereocenters. The third-order valence-electron chi connectivity index (χ3n) is 4.27. The van der Waals surface area contributed by atoms with Crippen LogP contribution in [0.1, 0.15) is 22.8 Å². The molecular formula is C22H23N3O3S. The predicted octanol–water partition coefficient (Wildman–Crippen LogP) is 3.60. The van der Waals surface area contributed by atoms with Gasteiger partial charge < -0.3 is 15.2 Å². The summed E-state index contributed by atoms with van der Waals surface area (Å²) in [5.74, 6) is 1.14. The van der Waals surface area contributed by atoms with Crippen molar-refractivity contribution in [1.29, 1.82) is 0 Å². The first kappa shape index (κ1) is 20.7. The number of amides is 2. The Labute approximate surface area is 174 Å². The molecule has 7 heteroatoms. The van der Waals surface area contributed by atoms with Crippen LogP contribution in [0.2, 0.25) is 0 Å². The van der Waals surface area contributed by atoms with Gasteiger partial charge in [0.2, 0.25) is 11.8 Å². The number of thioether (sulfide) groups is 1. The smallest absolute Gasteiger partial charge is 0.235 e. The number of carbonyl (C=O) groups excluding carboxylic acids is 2. The first-order chi connectivity index (χ1) is 14.1. The lowest BCUT2D eigenvalue weighted by Gasteiger charge is -2.18. The lowest BCUT2D eigenvalue weighted by atomic mass is 9.91. The Bertz CT molecular complexity index is 889. The lowest BCUT2D eigenvalue weighted by molar-refractivity contribution is -0.118. The fraction of sp³-hybridized carbons (Fsp3) is 0.227. The van der Waals surface area contributed by atoms with Gasteiger partial charge in [0, 0.05) is 18.5 Å². The maximum absolute atomic E-state index is 12.3. The maximum atomic E-state index is 12.3. The van der Waals surface area contributed by atoms with Crippen LogP contribution in [-0.2, 0) is 9.59 Å². The zero-order chi connectivity index (χ0) is 20.5. The first-order valence-corrected chi connectivity index (χ1v) is 10.4. The fourth-order valence-corrected chi connectivity index (χ4v) is 3.55. The van der Waals surface area contributed by atoms with Gasteiger partial charge in [0.25, 0.3) is 0 Å². The summed E-state index contributed by atoms with van der Waals surface area (Å²) < 4.78 is 4.90. The van der Waals surface area contributed by atoms with Crippen LogP contribution in [0.5, 0.6) is 0 Å². The van der Waals surface area contributed by atoms with Crippen LogP contribution in [0.15, 0.2) is 71.3 Å². The summed E-state index contributed by atoms with van der Waals surface area (Å²) in [5.41, 5.74) is 2.29. The van der Waals surface area contributed by atoms with Crippen LogP contribution >= 0.6 is 11.8 Å². The number of benzene rings is 2. The Morgan fingerprint density at radius 3 is 2.10 bits per heavy atom. The van der Waals surface area contributed by atoms with E-state index in [1.807, 2.05) is 36.4 Å². The molecule has 29 heavy (non-hydrogen) atoms. The van der Waals surface area contributed by atoms with Gasteiger partial charge in [0.1, 0.15) is 5.76 Å². The van der Waals surface area contributed by atoms with Gasteiger partial charge in [-0.2, -0.15) is 0 Å². The van der Waals surface area contributed by atoms with Gasteiger partial charge in [-0.3, -0.25) is 9.59 Å². The Balaban J connectivity index is 1.47. The molecule has 0 aliphatic carbocycles. The highest BCUT2D eigenvalue weighted by Crippen LogP contribution is 2.23. The zero-order valence-electron chi connectivity index (χ0n) is 16.1. The maximum Gasteiger partial charge on any atom is 0.235 e.